The molecule has 3 aromatic carbocycles. The van der Waals surface area contributed by atoms with E-state index in [1.54, 1.807) is 6.08 Å². The highest BCUT2D eigenvalue weighted by Gasteiger charge is 2.34. The number of nitrogens with zero attached hydrogens (tertiary/aromatic N) is 2. The van der Waals surface area contributed by atoms with E-state index in [4.69, 9.17) is 17.0 Å². The Labute approximate surface area is 239 Å². The maximum atomic E-state index is 13.5. The van der Waals surface area contributed by atoms with Crippen molar-refractivity contribution in [2.24, 2.45) is 0 Å². The van der Waals surface area contributed by atoms with Crippen LogP contribution in [0.25, 0.3) is 11.8 Å². The molecule has 1 saturated heterocycles. The molecule has 6 nitrogen and oxygen atoms in total. The second-order valence-electron chi connectivity index (χ2n) is 10.1. The Bertz CT molecular complexity index is 1600. The van der Waals surface area contributed by atoms with E-state index in [1.165, 1.54) is 4.90 Å². The number of carbonyl (C=O) groups excluding carboxylic acids is 2. The molecule has 0 bridgehead atoms. The van der Waals surface area contributed by atoms with Crippen LogP contribution in [0.3, 0.4) is 0 Å². The van der Waals surface area contributed by atoms with Gasteiger partial charge in [-0.3, -0.25) is 19.8 Å². The molecule has 5 rings (SSSR count). The van der Waals surface area contributed by atoms with Gasteiger partial charge in [-0.1, -0.05) is 56.3 Å². The van der Waals surface area contributed by atoms with E-state index < -0.39 is 11.8 Å². The summed E-state index contributed by atoms with van der Waals surface area (Å²) >= 11 is 5.37. The summed E-state index contributed by atoms with van der Waals surface area (Å²) in [4.78, 5) is 27.8. The van der Waals surface area contributed by atoms with Gasteiger partial charge in [-0.15, -0.1) is 0 Å². The number of ether oxygens (including phenoxy) is 1. The number of amides is 2. The Balaban J connectivity index is 1.39. The number of thiocarbonyl (C=S) groups is 1. The van der Waals surface area contributed by atoms with Crippen LogP contribution in [0.2, 0.25) is 0 Å². The van der Waals surface area contributed by atoms with Gasteiger partial charge in [0.15, 0.2) is 5.11 Å². The van der Waals surface area contributed by atoms with Crippen molar-refractivity contribution in [1.29, 1.82) is 0 Å². The first-order valence-corrected chi connectivity index (χ1v) is 13.6. The molecular weight excluding hydrogens is 518 g/mol. The summed E-state index contributed by atoms with van der Waals surface area (Å²) in [5, 5.41) is 2.75. The average molecular weight is 550 g/mol. The van der Waals surface area contributed by atoms with E-state index >= 15 is 0 Å². The SMILES string of the molecule is Cc1cc(/C=C2\C(=O)NC(=S)N(c3ccc(C(C)C)cc3)C2=O)c(C)n1-c1ccc(OCc2ccccc2)cc1. The summed E-state index contributed by atoms with van der Waals surface area (Å²) in [6, 6.07) is 27.5. The van der Waals surface area contributed by atoms with Gasteiger partial charge in [0.05, 0.1) is 5.69 Å². The second kappa shape index (κ2) is 11.3. The number of aromatic nitrogens is 1. The summed E-state index contributed by atoms with van der Waals surface area (Å²) in [5.41, 5.74) is 6.53. The van der Waals surface area contributed by atoms with Crippen molar-refractivity contribution >= 4 is 40.9 Å². The molecule has 1 aliphatic heterocycles. The van der Waals surface area contributed by atoms with Crippen LogP contribution in [0.5, 0.6) is 5.75 Å². The third-order valence-corrected chi connectivity index (χ3v) is 7.32. The van der Waals surface area contributed by atoms with Gasteiger partial charge >= 0.3 is 0 Å². The van der Waals surface area contributed by atoms with Crippen LogP contribution in [-0.4, -0.2) is 21.5 Å². The number of aryl methyl sites for hydroxylation is 1. The Kier molecular flexibility index (Phi) is 7.67. The lowest BCUT2D eigenvalue weighted by Gasteiger charge is -2.29. The van der Waals surface area contributed by atoms with Crippen molar-refractivity contribution in [3.05, 3.63) is 119 Å². The first kappa shape index (κ1) is 27.1. The molecule has 1 aromatic heterocycles. The lowest BCUT2D eigenvalue weighted by atomic mass is 10.0. The second-order valence-corrected chi connectivity index (χ2v) is 10.5. The Morgan fingerprint density at radius 1 is 0.900 bits per heavy atom. The van der Waals surface area contributed by atoms with Gasteiger partial charge in [0.25, 0.3) is 11.8 Å². The van der Waals surface area contributed by atoms with Crippen LogP contribution in [-0.2, 0) is 16.2 Å². The third-order valence-electron chi connectivity index (χ3n) is 7.03. The van der Waals surface area contributed by atoms with Crippen LogP contribution in [0.15, 0.2) is 90.5 Å². The minimum atomic E-state index is -0.505. The highest BCUT2D eigenvalue weighted by Crippen LogP contribution is 2.28. The van der Waals surface area contributed by atoms with Gasteiger partial charge in [-0.25, -0.2) is 0 Å². The van der Waals surface area contributed by atoms with Crippen molar-refractivity contribution in [2.75, 3.05) is 4.90 Å². The molecule has 0 spiro atoms. The van der Waals surface area contributed by atoms with Crippen LogP contribution >= 0.6 is 12.2 Å². The Hall–Kier alpha value is -4.49. The summed E-state index contributed by atoms with van der Waals surface area (Å²) in [5.74, 6) is 0.186. The lowest BCUT2D eigenvalue weighted by molar-refractivity contribution is -0.122. The van der Waals surface area contributed by atoms with E-state index in [2.05, 4.69) is 23.7 Å². The van der Waals surface area contributed by atoms with E-state index in [0.717, 1.165) is 39.5 Å². The average Bonchev–Trinajstić information content (AvgIpc) is 3.23. The standard InChI is InChI=1S/C33H31N3O3S/c1-21(2)25-10-12-28(13-11-25)36-32(38)30(31(37)34-33(36)40)19-26-18-22(3)35(23(26)4)27-14-16-29(17-15-27)39-20-24-8-6-5-7-9-24/h5-19,21H,20H2,1-4H3,(H,34,37,40)/b30-19+. The summed E-state index contributed by atoms with van der Waals surface area (Å²) < 4.78 is 8.02. The highest BCUT2D eigenvalue weighted by atomic mass is 32.1. The molecule has 202 valence electrons. The van der Waals surface area contributed by atoms with Gasteiger partial charge < -0.3 is 9.30 Å². The molecule has 2 amide bonds. The van der Waals surface area contributed by atoms with Crippen molar-refractivity contribution in [1.82, 2.24) is 9.88 Å². The van der Waals surface area contributed by atoms with Crippen LogP contribution in [0, 0.1) is 13.8 Å². The fourth-order valence-corrected chi connectivity index (χ4v) is 5.10. The molecule has 0 atom stereocenters. The molecule has 0 saturated carbocycles. The molecule has 4 aromatic rings. The number of carbonyl (C=O) groups is 2. The first-order valence-electron chi connectivity index (χ1n) is 13.2. The molecule has 0 aliphatic carbocycles. The smallest absolute Gasteiger partial charge is 0.270 e. The number of hydrogen-bond acceptors (Lipinski definition) is 4. The van der Waals surface area contributed by atoms with Gasteiger partial charge in [-0.05, 0) is 97.2 Å². The van der Waals surface area contributed by atoms with Crippen LogP contribution in [0.1, 0.15) is 47.8 Å². The number of hydrogen-bond donors (Lipinski definition) is 1. The number of rotatable bonds is 7. The normalized spacial score (nSPS) is 14.7. The molecule has 2 heterocycles. The molecule has 0 unspecified atom stereocenters. The van der Waals surface area contributed by atoms with Crippen molar-refractivity contribution in [2.45, 2.75) is 40.2 Å². The van der Waals surface area contributed by atoms with Crippen molar-refractivity contribution in [3.8, 4) is 11.4 Å². The maximum Gasteiger partial charge on any atom is 0.270 e. The van der Waals surface area contributed by atoms with Gasteiger partial charge in [-0.2, -0.15) is 0 Å². The Morgan fingerprint density at radius 2 is 1.55 bits per heavy atom. The lowest BCUT2D eigenvalue weighted by Crippen LogP contribution is -2.54. The molecule has 0 radical (unpaired) electrons. The predicted molar refractivity (Wildman–Crippen MR) is 163 cm³/mol. The van der Waals surface area contributed by atoms with Gasteiger partial charge in [0.1, 0.15) is 17.9 Å². The molecule has 1 aliphatic rings. The van der Waals surface area contributed by atoms with E-state index in [9.17, 15) is 9.59 Å². The first-order chi connectivity index (χ1) is 19.2. The molecule has 40 heavy (non-hydrogen) atoms. The van der Waals surface area contributed by atoms with Crippen LogP contribution in [0.4, 0.5) is 5.69 Å². The molecular formula is C33H31N3O3S. The number of benzene rings is 3. The summed E-state index contributed by atoms with van der Waals surface area (Å²) in [6.07, 6.45) is 1.64. The molecule has 1 N–H and O–H groups in total. The minimum Gasteiger partial charge on any atom is -0.489 e. The quantitative estimate of drug-likeness (QED) is 0.160. The fourth-order valence-electron chi connectivity index (χ4n) is 4.82. The zero-order valence-corrected chi connectivity index (χ0v) is 23.8. The van der Waals surface area contributed by atoms with Crippen molar-refractivity contribution in [3.63, 3.8) is 0 Å². The fraction of sp³-hybridized carbons (Fsp3) is 0.182. The molecule has 7 heteroatoms. The summed E-state index contributed by atoms with van der Waals surface area (Å²) in [7, 11) is 0. The number of anilines is 1. The van der Waals surface area contributed by atoms with E-state index in [0.29, 0.717) is 18.2 Å². The molecule has 1 fully saturated rings. The largest absolute Gasteiger partial charge is 0.489 e. The third kappa shape index (κ3) is 5.46. The topological polar surface area (TPSA) is 63.6 Å². The Morgan fingerprint density at radius 3 is 2.20 bits per heavy atom. The van der Waals surface area contributed by atoms with Gasteiger partial charge in [0.2, 0.25) is 0 Å². The van der Waals surface area contributed by atoms with E-state index in [1.807, 2.05) is 98.8 Å². The van der Waals surface area contributed by atoms with Crippen LogP contribution < -0.4 is 15.0 Å². The summed E-state index contributed by atoms with van der Waals surface area (Å²) in [6.45, 7) is 8.68. The maximum absolute atomic E-state index is 13.5. The zero-order chi connectivity index (χ0) is 28.4. The van der Waals surface area contributed by atoms with E-state index in [-0.39, 0.29) is 10.7 Å². The minimum absolute atomic E-state index is 0.0337. The monoisotopic (exact) mass is 549 g/mol. The van der Waals surface area contributed by atoms with Gasteiger partial charge in [0, 0.05) is 17.1 Å². The van der Waals surface area contributed by atoms with Crippen molar-refractivity contribution < 1.29 is 14.3 Å². The zero-order valence-electron chi connectivity index (χ0n) is 23.0. The highest BCUT2D eigenvalue weighted by molar-refractivity contribution is 7.80. The predicted octanol–water partition coefficient (Wildman–Crippen LogP) is 6.63. The number of nitrogens with one attached hydrogen (secondary N) is 1.